The van der Waals surface area contributed by atoms with Crippen LogP contribution in [0.25, 0.3) is 5.69 Å². The Balaban J connectivity index is 1.92. The van der Waals surface area contributed by atoms with Crippen molar-refractivity contribution < 1.29 is 4.79 Å². The van der Waals surface area contributed by atoms with Gasteiger partial charge in [0, 0.05) is 28.7 Å². The van der Waals surface area contributed by atoms with Crippen LogP contribution in [0.3, 0.4) is 0 Å². The van der Waals surface area contributed by atoms with E-state index in [0.29, 0.717) is 39.8 Å². The Bertz CT molecular complexity index is 982. The third kappa shape index (κ3) is 5.55. The number of nitrogens with one attached hydrogen (secondary N) is 1. The van der Waals surface area contributed by atoms with E-state index in [4.69, 9.17) is 11.6 Å². The molecule has 29 heavy (non-hydrogen) atoms. The fourth-order valence-corrected chi connectivity index (χ4v) is 3.74. The molecule has 0 atom stereocenters. The molecule has 1 aromatic carbocycles. The van der Waals surface area contributed by atoms with Crippen molar-refractivity contribution in [3.8, 4) is 5.69 Å². The van der Waals surface area contributed by atoms with E-state index in [9.17, 15) is 4.79 Å². The highest BCUT2D eigenvalue weighted by molar-refractivity contribution is 7.98. The molecule has 0 saturated carbocycles. The summed E-state index contributed by atoms with van der Waals surface area (Å²) in [4.78, 5) is 21.6. The van der Waals surface area contributed by atoms with Crippen LogP contribution in [0.15, 0.2) is 35.5 Å². The molecule has 3 aromatic rings. The molecule has 0 saturated heterocycles. The number of benzene rings is 1. The molecule has 0 spiro atoms. The summed E-state index contributed by atoms with van der Waals surface area (Å²) in [7, 11) is 0. The molecule has 152 valence electrons. The van der Waals surface area contributed by atoms with Crippen molar-refractivity contribution in [3.05, 3.63) is 58.1 Å². The third-order valence-electron chi connectivity index (χ3n) is 4.02. The highest BCUT2D eigenvalue weighted by Gasteiger charge is 2.21. The van der Waals surface area contributed by atoms with E-state index in [0.717, 1.165) is 17.1 Å². The molecule has 0 aliphatic carbocycles. The molecule has 0 unspecified atom stereocenters. The van der Waals surface area contributed by atoms with Gasteiger partial charge in [-0.1, -0.05) is 42.4 Å². The minimum absolute atomic E-state index is 0.240. The van der Waals surface area contributed by atoms with Gasteiger partial charge < -0.3 is 5.32 Å². The van der Waals surface area contributed by atoms with E-state index in [-0.39, 0.29) is 5.91 Å². The van der Waals surface area contributed by atoms with Gasteiger partial charge in [-0.05, 0) is 50.1 Å². The maximum absolute atomic E-state index is 12.7. The largest absolute Gasteiger partial charge is 0.350 e. The summed E-state index contributed by atoms with van der Waals surface area (Å²) in [5.41, 5.74) is 3.57. The lowest BCUT2D eigenvalue weighted by molar-refractivity contribution is 0.0943. The topological polar surface area (TPSA) is 85.6 Å². The van der Waals surface area contributed by atoms with Crippen molar-refractivity contribution in [3.63, 3.8) is 0 Å². The van der Waals surface area contributed by atoms with Gasteiger partial charge in [-0.25, -0.2) is 14.6 Å². The fraction of sp³-hybridized carbons (Fsp3) is 0.350. The zero-order chi connectivity index (χ0) is 21.0. The normalized spacial score (nSPS) is 11.1. The van der Waals surface area contributed by atoms with E-state index in [1.165, 1.54) is 11.8 Å². The van der Waals surface area contributed by atoms with Crippen LogP contribution in [0.4, 0.5) is 0 Å². The molecular formula is C20H23ClN6OS. The number of carbonyl (C=O) groups excluding carboxylic acids is 1. The molecule has 7 nitrogen and oxygen atoms in total. The minimum atomic E-state index is -0.240. The second-order valence-electron chi connectivity index (χ2n) is 7.10. The smallest absolute Gasteiger partial charge is 0.273 e. The summed E-state index contributed by atoms with van der Waals surface area (Å²) in [6, 6.07) is 9.17. The van der Waals surface area contributed by atoms with Crippen LogP contribution < -0.4 is 5.32 Å². The summed E-state index contributed by atoms with van der Waals surface area (Å²) in [6.07, 6.45) is 0. The van der Waals surface area contributed by atoms with Crippen LogP contribution >= 0.6 is 23.4 Å². The fourth-order valence-electron chi connectivity index (χ4n) is 2.67. The van der Waals surface area contributed by atoms with Gasteiger partial charge in [0.25, 0.3) is 5.91 Å². The van der Waals surface area contributed by atoms with E-state index in [1.54, 1.807) is 16.8 Å². The van der Waals surface area contributed by atoms with Crippen LogP contribution in [0, 0.1) is 19.8 Å². The lowest BCUT2D eigenvalue weighted by Gasteiger charge is -2.10. The molecule has 0 radical (unpaired) electrons. The number of amides is 1. The van der Waals surface area contributed by atoms with Crippen molar-refractivity contribution >= 4 is 29.3 Å². The maximum Gasteiger partial charge on any atom is 0.273 e. The van der Waals surface area contributed by atoms with E-state index < -0.39 is 0 Å². The highest BCUT2D eigenvalue weighted by Crippen LogP contribution is 2.24. The summed E-state index contributed by atoms with van der Waals surface area (Å²) in [5.74, 6) is 0.547. The van der Waals surface area contributed by atoms with Crippen LogP contribution in [-0.2, 0) is 5.75 Å². The molecule has 0 bridgehead atoms. The molecule has 2 heterocycles. The lowest BCUT2D eigenvalue weighted by atomic mass is 10.2. The van der Waals surface area contributed by atoms with Gasteiger partial charge in [-0.2, -0.15) is 0 Å². The predicted octanol–water partition coefficient (Wildman–Crippen LogP) is 4.01. The summed E-state index contributed by atoms with van der Waals surface area (Å²) >= 11 is 7.45. The molecular weight excluding hydrogens is 408 g/mol. The van der Waals surface area contributed by atoms with Gasteiger partial charge in [0.2, 0.25) is 0 Å². The molecule has 1 amide bonds. The number of aromatic nitrogens is 5. The second kappa shape index (κ2) is 9.37. The summed E-state index contributed by atoms with van der Waals surface area (Å²) < 4.78 is 1.66. The molecule has 0 aliphatic rings. The maximum atomic E-state index is 12.7. The standard InChI is InChI=1S/C20H23ClN6OS/c1-12(2)10-22-19(28)18-17(11-29-20-23-13(3)9-14(4)24-20)27(26-25-18)16-7-5-15(21)6-8-16/h5-9,12H,10-11H2,1-4H3,(H,22,28). The first-order chi connectivity index (χ1) is 13.8. The number of aryl methyl sites for hydroxylation is 2. The van der Waals surface area contributed by atoms with Crippen molar-refractivity contribution in [2.24, 2.45) is 5.92 Å². The van der Waals surface area contributed by atoms with E-state index in [2.05, 4.69) is 25.6 Å². The second-order valence-corrected chi connectivity index (χ2v) is 8.48. The molecule has 3 rings (SSSR count). The summed E-state index contributed by atoms with van der Waals surface area (Å²) in [6.45, 7) is 8.52. The van der Waals surface area contributed by atoms with E-state index >= 15 is 0 Å². The average Bonchev–Trinajstić information content (AvgIpc) is 3.08. The Labute approximate surface area is 179 Å². The van der Waals surface area contributed by atoms with Crippen molar-refractivity contribution in [2.75, 3.05) is 6.54 Å². The summed E-state index contributed by atoms with van der Waals surface area (Å²) in [5, 5.41) is 12.6. The minimum Gasteiger partial charge on any atom is -0.350 e. The number of nitrogens with zero attached hydrogens (tertiary/aromatic N) is 5. The monoisotopic (exact) mass is 430 g/mol. The van der Waals surface area contributed by atoms with Crippen molar-refractivity contribution in [1.82, 2.24) is 30.3 Å². The molecule has 2 aromatic heterocycles. The van der Waals surface area contributed by atoms with Crippen LogP contribution in [0.1, 0.15) is 41.4 Å². The number of hydrogen-bond acceptors (Lipinski definition) is 6. The van der Waals surface area contributed by atoms with Crippen molar-refractivity contribution in [1.29, 1.82) is 0 Å². The Morgan fingerprint density at radius 3 is 2.45 bits per heavy atom. The van der Waals surface area contributed by atoms with Crippen molar-refractivity contribution in [2.45, 2.75) is 38.6 Å². The first-order valence-corrected chi connectivity index (χ1v) is 10.6. The van der Waals surface area contributed by atoms with Gasteiger partial charge in [-0.15, -0.1) is 5.10 Å². The highest BCUT2D eigenvalue weighted by atomic mass is 35.5. The quantitative estimate of drug-likeness (QED) is 0.450. The number of thioether (sulfide) groups is 1. The molecule has 0 aliphatic heterocycles. The van der Waals surface area contributed by atoms with Gasteiger partial charge in [0.15, 0.2) is 10.9 Å². The lowest BCUT2D eigenvalue weighted by Crippen LogP contribution is -2.28. The van der Waals surface area contributed by atoms with Gasteiger partial charge >= 0.3 is 0 Å². The number of carbonyl (C=O) groups is 1. The first kappa shape index (κ1) is 21.3. The van der Waals surface area contributed by atoms with E-state index in [1.807, 2.05) is 45.9 Å². The average molecular weight is 431 g/mol. The molecule has 1 N–H and O–H groups in total. The first-order valence-electron chi connectivity index (χ1n) is 9.27. The van der Waals surface area contributed by atoms with Gasteiger partial charge in [0.1, 0.15) is 0 Å². The van der Waals surface area contributed by atoms with Gasteiger partial charge in [0.05, 0.1) is 11.4 Å². The van der Waals surface area contributed by atoms with Gasteiger partial charge in [-0.3, -0.25) is 4.79 Å². The van der Waals surface area contributed by atoms with Crippen LogP contribution in [0.2, 0.25) is 5.02 Å². The van der Waals surface area contributed by atoms with Crippen LogP contribution in [-0.4, -0.2) is 37.4 Å². The number of hydrogen-bond donors (Lipinski definition) is 1. The number of halogens is 1. The number of rotatable bonds is 7. The zero-order valence-corrected chi connectivity index (χ0v) is 18.4. The third-order valence-corrected chi connectivity index (χ3v) is 5.13. The Morgan fingerprint density at radius 1 is 1.17 bits per heavy atom. The zero-order valence-electron chi connectivity index (χ0n) is 16.8. The Kier molecular flexibility index (Phi) is 6.87. The Hall–Kier alpha value is -2.45. The molecule has 9 heteroatoms. The molecule has 0 fully saturated rings. The predicted molar refractivity (Wildman–Crippen MR) is 115 cm³/mol. The van der Waals surface area contributed by atoms with Crippen LogP contribution in [0.5, 0.6) is 0 Å². The SMILES string of the molecule is Cc1cc(C)nc(SCc2c(C(=O)NCC(C)C)nnn2-c2ccc(Cl)cc2)n1. The Morgan fingerprint density at radius 2 is 1.83 bits per heavy atom.